The summed E-state index contributed by atoms with van der Waals surface area (Å²) in [7, 11) is 3.54. The number of amides is 1. The van der Waals surface area contributed by atoms with Crippen molar-refractivity contribution in [3.8, 4) is 0 Å². The van der Waals surface area contributed by atoms with E-state index in [9.17, 15) is 4.79 Å². The normalized spacial score (nSPS) is 10.7. The molecule has 0 aromatic heterocycles. The zero-order valence-electron chi connectivity index (χ0n) is 11.9. The molecule has 0 spiro atoms. The van der Waals surface area contributed by atoms with E-state index in [0.717, 1.165) is 13.0 Å². The van der Waals surface area contributed by atoms with Crippen molar-refractivity contribution in [3.63, 3.8) is 0 Å². The Hall–Kier alpha value is -1.35. The second kappa shape index (κ2) is 7.17. The molecule has 0 heterocycles. The number of nitrogens with zero attached hydrogens (tertiary/aromatic N) is 1. The number of likely N-dealkylation sites (N-methyl/N-ethyl adjacent to an activating group) is 1. The fourth-order valence-electron chi connectivity index (χ4n) is 1.66. The SMILES string of the molecule is CC(C)c1ccc(CCNCC(=O)N(C)C)cc1. The van der Waals surface area contributed by atoms with Crippen LogP contribution in [0.15, 0.2) is 24.3 Å². The predicted molar refractivity (Wildman–Crippen MR) is 75.8 cm³/mol. The molecule has 0 atom stereocenters. The van der Waals surface area contributed by atoms with Crippen molar-refractivity contribution in [2.24, 2.45) is 0 Å². The van der Waals surface area contributed by atoms with Crippen LogP contribution >= 0.6 is 0 Å². The highest BCUT2D eigenvalue weighted by molar-refractivity contribution is 5.77. The third kappa shape index (κ3) is 4.88. The van der Waals surface area contributed by atoms with E-state index in [1.54, 1.807) is 19.0 Å². The molecule has 0 saturated carbocycles. The van der Waals surface area contributed by atoms with Gasteiger partial charge in [0.05, 0.1) is 6.54 Å². The minimum absolute atomic E-state index is 0.116. The molecule has 3 nitrogen and oxygen atoms in total. The third-order valence-electron chi connectivity index (χ3n) is 3.01. The summed E-state index contributed by atoms with van der Waals surface area (Å²) in [4.78, 5) is 12.9. The van der Waals surface area contributed by atoms with Crippen LogP contribution in [0, 0.1) is 0 Å². The molecule has 1 rings (SSSR count). The quantitative estimate of drug-likeness (QED) is 0.781. The smallest absolute Gasteiger partial charge is 0.236 e. The van der Waals surface area contributed by atoms with Crippen molar-refractivity contribution in [3.05, 3.63) is 35.4 Å². The van der Waals surface area contributed by atoms with Crippen molar-refractivity contribution in [1.82, 2.24) is 10.2 Å². The van der Waals surface area contributed by atoms with Crippen LogP contribution in [0.4, 0.5) is 0 Å². The Morgan fingerprint density at radius 2 is 1.83 bits per heavy atom. The Bertz CT molecular complexity index is 369. The fourth-order valence-corrected chi connectivity index (χ4v) is 1.66. The second-order valence-electron chi connectivity index (χ2n) is 5.11. The lowest BCUT2D eigenvalue weighted by atomic mass is 10.0. The summed E-state index contributed by atoms with van der Waals surface area (Å²) in [5.74, 6) is 0.694. The first kappa shape index (κ1) is 14.7. The Kier molecular flexibility index (Phi) is 5.86. The number of hydrogen-bond donors (Lipinski definition) is 1. The van der Waals surface area contributed by atoms with Gasteiger partial charge in [-0.25, -0.2) is 0 Å². The van der Waals surface area contributed by atoms with Crippen LogP contribution in [0.3, 0.4) is 0 Å². The van der Waals surface area contributed by atoms with Crippen molar-refractivity contribution < 1.29 is 4.79 Å². The largest absolute Gasteiger partial charge is 0.348 e. The highest BCUT2D eigenvalue weighted by atomic mass is 16.2. The van der Waals surface area contributed by atoms with Crippen LogP contribution in [-0.2, 0) is 11.2 Å². The standard InChI is InChI=1S/C15H24N2O/c1-12(2)14-7-5-13(6-8-14)9-10-16-11-15(18)17(3)4/h5-8,12,16H,9-11H2,1-4H3. The predicted octanol–water partition coefficient (Wildman–Crippen LogP) is 2.03. The van der Waals surface area contributed by atoms with E-state index in [2.05, 4.69) is 43.4 Å². The number of rotatable bonds is 6. The highest BCUT2D eigenvalue weighted by Gasteiger charge is 2.02. The summed E-state index contributed by atoms with van der Waals surface area (Å²) in [6.07, 6.45) is 0.957. The molecule has 100 valence electrons. The maximum absolute atomic E-state index is 11.3. The number of nitrogens with one attached hydrogen (secondary N) is 1. The minimum Gasteiger partial charge on any atom is -0.348 e. The minimum atomic E-state index is 0.116. The molecule has 3 heteroatoms. The first-order chi connectivity index (χ1) is 8.50. The number of carbonyl (C=O) groups is 1. The van der Waals surface area contributed by atoms with Crippen molar-refractivity contribution in [1.29, 1.82) is 0 Å². The van der Waals surface area contributed by atoms with Gasteiger partial charge in [0, 0.05) is 14.1 Å². The molecule has 0 radical (unpaired) electrons. The third-order valence-corrected chi connectivity index (χ3v) is 3.01. The molecular weight excluding hydrogens is 224 g/mol. The summed E-state index contributed by atoms with van der Waals surface area (Å²) >= 11 is 0. The van der Waals surface area contributed by atoms with Gasteiger partial charge in [-0.05, 0) is 30.0 Å². The van der Waals surface area contributed by atoms with Crippen LogP contribution < -0.4 is 5.32 Å². The fraction of sp³-hybridized carbons (Fsp3) is 0.533. The van der Waals surface area contributed by atoms with Gasteiger partial charge >= 0.3 is 0 Å². The Balaban J connectivity index is 2.29. The molecule has 0 aliphatic rings. The number of benzene rings is 1. The van der Waals surface area contributed by atoms with Crippen LogP contribution in [0.25, 0.3) is 0 Å². The molecule has 18 heavy (non-hydrogen) atoms. The summed E-state index contributed by atoms with van der Waals surface area (Å²) in [6.45, 7) is 5.64. The van der Waals surface area contributed by atoms with Crippen molar-refractivity contribution >= 4 is 5.91 Å². The molecule has 0 bridgehead atoms. The monoisotopic (exact) mass is 248 g/mol. The second-order valence-corrected chi connectivity index (χ2v) is 5.11. The van der Waals surface area contributed by atoms with Gasteiger partial charge in [0.25, 0.3) is 0 Å². The van der Waals surface area contributed by atoms with Crippen LogP contribution in [0.2, 0.25) is 0 Å². The first-order valence-electron chi connectivity index (χ1n) is 6.50. The van der Waals surface area contributed by atoms with Gasteiger partial charge in [-0.15, -0.1) is 0 Å². The zero-order valence-corrected chi connectivity index (χ0v) is 11.9. The molecule has 0 aliphatic heterocycles. The summed E-state index contributed by atoms with van der Waals surface area (Å²) in [6, 6.07) is 8.71. The number of hydrogen-bond acceptors (Lipinski definition) is 2. The average Bonchev–Trinajstić information content (AvgIpc) is 2.34. The van der Waals surface area contributed by atoms with Gasteiger partial charge in [0.1, 0.15) is 0 Å². The zero-order chi connectivity index (χ0) is 13.5. The van der Waals surface area contributed by atoms with Gasteiger partial charge in [-0.1, -0.05) is 38.1 Å². The average molecular weight is 248 g/mol. The van der Waals surface area contributed by atoms with E-state index in [1.165, 1.54) is 11.1 Å². The van der Waals surface area contributed by atoms with Crippen LogP contribution in [0.1, 0.15) is 30.9 Å². The topological polar surface area (TPSA) is 32.3 Å². The van der Waals surface area contributed by atoms with E-state index in [0.29, 0.717) is 12.5 Å². The van der Waals surface area contributed by atoms with E-state index in [4.69, 9.17) is 0 Å². The molecule has 0 aliphatic carbocycles. The molecule has 1 aromatic carbocycles. The van der Waals surface area contributed by atoms with Crippen molar-refractivity contribution in [2.75, 3.05) is 27.2 Å². The lowest BCUT2D eigenvalue weighted by molar-refractivity contribution is -0.127. The molecule has 1 N–H and O–H groups in total. The summed E-state index contributed by atoms with van der Waals surface area (Å²) in [5, 5.41) is 3.16. The van der Waals surface area contributed by atoms with Gasteiger partial charge in [-0.3, -0.25) is 4.79 Å². The number of carbonyl (C=O) groups excluding carboxylic acids is 1. The van der Waals surface area contributed by atoms with E-state index in [-0.39, 0.29) is 5.91 Å². The first-order valence-corrected chi connectivity index (χ1v) is 6.50. The molecule has 1 amide bonds. The Morgan fingerprint density at radius 3 is 2.33 bits per heavy atom. The van der Waals surface area contributed by atoms with Crippen LogP contribution in [-0.4, -0.2) is 38.0 Å². The maximum atomic E-state index is 11.3. The lowest BCUT2D eigenvalue weighted by Gasteiger charge is -2.11. The maximum Gasteiger partial charge on any atom is 0.236 e. The van der Waals surface area contributed by atoms with Gasteiger partial charge in [0.2, 0.25) is 5.91 Å². The van der Waals surface area contributed by atoms with Crippen LogP contribution in [0.5, 0.6) is 0 Å². The summed E-state index contributed by atoms with van der Waals surface area (Å²) < 4.78 is 0. The molecular formula is C15H24N2O. The molecule has 0 saturated heterocycles. The summed E-state index contributed by atoms with van der Waals surface area (Å²) in [5.41, 5.74) is 2.68. The lowest BCUT2D eigenvalue weighted by Crippen LogP contribution is -2.33. The molecule has 0 unspecified atom stereocenters. The Morgan fingerprint density at radius 1 is 1.22 bits per heavy atom. The molecule has 0 fully saturated rings. The van der Waals surface area contributed by atoms with Gasteiger partial charge < -0.3 is 10.2 Å². The van der Waals surface area contributed by atoms with E-state index in [1.807, 2.05) is 0 Å². The van der Waals surface area contributed by atoms with Gasteiger partial charge in [-0.2, -0.15) is 0 Å². The Labute approximate surface area is 110 Å². The highest BCUT2D eigenvalue weighted by Crippen LogP contribution is 2.14. The van der Waals surface area contributed by atoms with E-state index >= 15 is 0 Å². The van der Waals surface area contributed by atoms with E-state index < -0.39 is 0 Å². The van der Waals surface area contributed by atoms with Gasteiger partial charge in [0.15, 0.2) is 0 Å². The van der Waals surface area contributed by atoms with Crippen molar-refractivity contribution in [2.45, 2.75) is 26.2 Å². The molecule has 1 aromatic rings.